The maximum atomic E-state index is 13.0. The van der Waals surface area contributed by atoms with E-state index in [4.69, 9.17) is 0 Å². The molecule has 0 aliphatic carbocycles. The van der Waals surface area contributed by atoms with Crippen molar-refractivity contribution < 1.29 is 26.3 Å². The first-order chi connectivity index (χ1) is 13.9. The lowest BCUT2D eigenvalue weighted by Crippen LogP contribution is -2.53. The molecular weight excluding hydrogens is 404 g/mol. The van der Waals surface area contributed by atoms with Crippen molar-refractivity contribution >= 4 is 0 Å². The predicted molar refractivity (Wildman–Crippen MR) is 113 cm³/mol. The van der Waals surface area contributed by atoms with Crippen LogP contribution in [-0.4, -0.2) is 23.9 Å². The van der Waals surface area contributed by atoms with E-state index in [1.54, 1.807) is 13.8 Å². The lowest BCUT2D eigenvalue weighted by atomic mass is 9.84. The molecule has 1 nitrogen and oxygen atoms in total. The van der Waals surface area contributed by atoms with Gasteiger partial charge >= 0.3 is 12.4 Å². The fourth-order valence-corrected chi connectivity index (χ4v) is 4.27. The SMILES string of the molecule is CCCCCCCCCCCCCCCC(CC(F)(F)F)(CC(F)(F)F)NC(C)C. The van der Waals surface area contributed by atoms with E-state index in [2.05, 4.69) is 12.2 Å². The molecule has 0 aliphatic rings. The highest BCUT2D eigenvalue weighted by Gasteiger charge is 2.48. The molecule has 7 heteroatoms. The van der Waals surface area contributed by atoms with Gasteiger partial charge in [-0.15, -0.1) is 0 Å². The second-order valence-electron chi connectivity index (χ2n) is 9.16. The van der Waals surface area contributed by atoms with Crippen LogP contribution < -0.4 is 5.32 Å². The number of nitrogens with one attached hydrogen (secondary N) is 1. The van der Waals surface area contributed by atoms with Crippen LogP contribution in [0, 0.1) is 0 Å². The third kappa shape index (κ3) is 18.3. The van der Waals surface area contributed by atoms with Gasteiger partial charge in [0.2, 0.25) is 0 Å². The summed E-state index contributed by atoms with van der Waals surface area (Å²) in [5.41, 5.74) is -1.97. The van der Waals surface area contributed by atoms with Gasteiger partial charge in [-0.05, 0) is 6.42 Å². The van der Waals surface area contributed by atoms with E-state index in [0.717, 1.165) is 25.7 Å². The second kappa shape index (κ2) is 15.4. The molecule has 0 heterocycles. The molecule has 30 heavy (non-hydrogen) atoms. The zero-order valence-corrected chi connectivity index (χ0v) is 19.2. The number of hydrogen-bond acceptors (Lipinski definition) is 1. The zero-order valence-electron chi connectivity index (χ0n) is 19.2. The van der Waals surface area contributed by atoms with Crippen molar-refractivity contribution in [2.45, 2.75) is 147 Å². The Morgan fingerprint density at radius 3 is 1.20 bits per heavy atom. The van der Waals surface area contributed by atoms with Crippen LogP contribution >= 0.6 is 0 Å². The summed E-state index contributed by atoms with van der Waals surface area (Å²) in [6, 6.07) is -0.448. The van der Waals surface area contributed by atoms with Gasteiger partial charge in [-0.25, -0.2) is 0 Å². The van der Waals surface area contributed by atoms with Crippen LogP contribution in [0.25, 0.3) is 0 Å². The van der Waals surface area contributed by atoms with Crippen LogP contribution in [0.4, 0.5) is 26.3 Å². The summed E-state index contributed by atoms with van der Waals surface area (Å²) in [4.78, 5) is 0. The van der Waals surface area contributed by atoms with Crippen LogP contribution in [0.2, 0.25) is 0 Å². The standard InChI is InChI=1S/C23H43F6N/c1-4-5-6-7-8-9-10-11-12-13-14-15-16-17-21(30-20(2)3,18-22(24,25)26)19-23(27,28)29/h20,30H,4-19H2,1-3H3. The molecule has 0 bridgehead atoms. The average molecular weight is 448 g/mol. The normalized spacial score (nSPS) is 13.4. The lowest BCUT2D eigenvalue weighted by molar-refractivity contribution is -0.184. The highest BCUT2D eigenvalue weighted by atomic mass is 19.4. The van der Waals surface area contributed by atoms with E-state index in [1.807, 2.05) is 0 Å². The van der Waals surface area contributed by atoms with E-state index in [9.17, 15) is 26.3 Å². The Morgan fingerprint density at radius 1 is 0.567 bits per heavy atom. The fourth-order valence-electron chi connectivity index (χ4n) is 4.27. The Kier molecular flexibility index (Phi) is 15.1. The van der Waals surface area contributed by atoms with E-state index >= 15 is 0 Å². The summed E-state index contributed by atoms with van der Waals surface area (Å²) >= 11 is 0. The predicted octanol–water partition coefficient (Wildman–Crippen LogP) is 9.11. The Morgan fingerprint density at radius 2 is 0.900 bits per heavy atom. The van der Waals surface area contributed by atoms with Gasteiger partial charge in [-0.3, -0.25) is 0 Å². The van der Waals surface area contributed by atoms with Crippen molar-refractivity contribution in [1.82, 2.24) is 5.32 Å². The Bertz CT molecular complexity index is 387. The maximum Gasteiger partial charge on any atom is 0.390 e. The topological polar surface area (TPSA) is 12.0 Å². The summed E-state index contributed by atoms with van der Waals surface area (Å²) in [6.07, 6.45) is 1.81. The van der Waals surface area contributed by atoms with Gasteiger partial charge in [0.15, 0.2) is 0 Å². The summed E-state index contributed by atoms with van der Waals surface area (Å²) in [5.74, 6) is 0. The summed E-state index contributed by atoms with van der Waals surface area (Å²) in [7, 11) is 0. The van der Waals surface area contributed by atoms with Crippen molar-refractivity contribution in [2.24, 2.45) is 0 Å². The van der Waals surface area contributed by atoms with E-state index in [-0.39, 0.29) is 6.42 Å². The Labute approximate surface area is 179 Å². The van der Waals surface area contributed by atoms with E-state index in [1.165, 1.54) is 44.9 Å². The van der Waals surface area contributed by atoms with E-state index < -0.39 is 36.8 Å². The first kappa shape index (κ1) is 29.5. The van der Waals surface area contributed by atoms with Crippen LogP contribution in [-0.2, 0) is 0 Å². The summed E-state index contributed by atoms with van der Waals surface area (Å²) < 4.78 is 78.2. The monoisotopic (exact) mass is 447 g/mol. The molecule has 0 aromatic heterocycles. The fraction of sp³-hybridized carbons (Fsp3) is 1.00. The van der Waals surface area contributed by atoms with Gasteiger partial charge in [0.25, 0.3) is 0 Å². The van der Waals surface area contributed by atoms with Crippen LogP contribution in [0.3, 0.4) is 0 Å². The molecule has 0 rings (SSSR count). The van der Waals surface area contributed by atoms with Crippen molar-refractivity contribution in [3.05, 3.63) is 0 Å². The molecule has 0 aliphatic heterocycles. The molecule has 0 atom stereocenters. The molecule has 0 saturated heterocycles. The minimum absolute atomic E-state index is 0.109. The van der Waals surface area contributed by atoms with Crippen molar-refractivity contribution in [3.63, 3.8) is 0 Å². The molecule has 182 valence electrons. The highest BCUT2D eigenvalue weighted by molar-refractivity contribution is 4.93. The van der Waals surface area contributed by atoms with Gasteiger partial charge in [-0.1, -0.05) is 104 Å². The van der Waals surface area contributed by atoms with Gasteiger partial charge in [0.1, 0.15) is 0 Å². The number of unbranched alkanes of at least 4 members (excludes halogenated alkanes) is 12. The molecule has 0 fully saturated rings. The minimum atomic E-state index is -4.64. The molecular formula is C23H43F6N. The molecule has 0 radical (unpaired) electrons. The van der Waals surface area contributed by atoms with Crippen LogP contribution in [0.15, 0.2) is 0 Å². The maximum absolute atomic E-state index is 13.0. The Hall–Kier alpha value is -0.460. The largest absolute Gasteiger partial charge is 0.390 e. The van der Waals surface area contributed by atoms with Gasteiger partial charge in [0, 0.05) is 11.6 Å². The summed E-state index contributed by atoms with van der Waals surface area (Å²) in [6.45, 7) is 5.38. The van der Waals surface area contributed by atoms with Crippen LogP contribution in [0.1, 0.15) is 124 Å². The summed E-state index contributed by atoms with van der Waals surface area (Å²) in [5, 5.41) is 2.61. The van der Waals surface area contributed by atoms with Gasteiger partial charge < -0.3 is 5.32 Å². The molecule has 1 N–H and O–H groups in total. The number of hydrogen-bond donors (Lipinski definition) is 1. The average Bonchev–Trinajstić information content (AvgIpc) is 2.55. The number of rotatable bonds is 18. The van der Waals surface area contributed by atoms with Crippen LogP contribution in [0.5, 0.6) is 0 Å². The lowest BCUT2D eigenvalue weighted by Gasteiger charge is -2.38. The molecule has 0 amide bonds. The highest BCUT2D eigenvalue weighted by Crippen LogP contribution is 2.39. The minimum Gasteiger partial charge on any atom is -0.308 e. The Balaban J connectivity index is 4.24. The molecule has 0 spiro atoms. The first-order valence-electron chi connectivity index (χ1n) is 11.8. The van der Waals surface area contributed by atoms with Crippen molar-refractivity contribution in [2.75, 3.05) is 0 Å². The third-order valence-corrected chi connectivity index (χ3v) is 5.43. The third-order valence-electron chi connectivity index (χ3n) is 5.43. The van der Waals surface area contributed by atoms with Gasteiger partial charge in [-0.2, -0.15) is 26.3 Å². The van der Waals surface area contributed by atoms with E-state index in [0.29, 0.717) is 12.8 Å². The first-order valence-corrected chi connectivity index (χ1v) is 11.8. The smallest absolute Gasteiger partial charge is 0.308 e. The quantitative estimate of drug-likeness (QED) is 0.163. The zero-order chi connectivity index (χ0) is 23.1. The van der Waals surface area contributed by atoms with Crippen molar-refractivity contribution in [3.8, 4) is 0 Å². The van der Waals surface area contributed by atoms with Crippen molar-refractivity contribution in [1.29, 1.82) is 0 Å². The van der Waals surface area contributed by atoms with Gasteiger partial charge in [0.05, 0.1) is 12.8 Å². The number of halogens is 6. The number of alkyl halides is 6. The molecule has 0 aromatic carbocycles. The molecule has 0 unspecified atom stereocenters. The molecule has 0 saturated carbocycles. The second-order valence-corrected chi connectivity index (χ2v) is 9.16. The molecule has 0 aromatic rings.